The van der Waals surface area contributed by atoms with Crippen molar-refractivity contribution in [3.8, 4) is 0 Å². The predicted octanol–water partition coefficient (Wildman–Crippen LogP) is 2.20. The molecular formula is C12H15Cl2N3O4S. The van der Waals surface area contributed by atoms with E-state index >= 15 is 0 Å². The maximum absolute atomic E-state index is 12.3. The van der Waals surface area contributed by atoms with E-state index in [0.717, 1.165) is 12.8 Å². The van der Waals surface area contributed by atoms with E-state index in [-0.39, 0.29) is 21.6 Å². The Morgan fingerprint density at radius 3 is 2.86 bits per heavy atom. The molecule has 1 unspecified atom stereocenters. The molecule has 22 heavy (non-hydrogen) atoms. The van der Waals surface area contributed by atoms with Crippen molar-refractivity contribution in [2.45, 2.75) is 30.2 Å². The summed E-state index contributed by atoms with van der Waals surface area (Å²) in [5, 5.41) is 9.10. The molecule has 1 saturated heterocycles. The van der Waals surface area contributed by atoms with E-state index in [0.29, 0.717) is 13.0 Å². The summed E-state index contributed by atoms with van der Waals surface area (Å²) in [7, 11) is -3.91. The van der Waals surface area contributed by atoms with E-state index in [4.69, 9.17) is 28.3 Å². The molecule has 0 radical (unpaired) electrons. The number of nitrogens with one attached hydrogen (secondary N) is 1. The Labute approximate surface area is 138 Å². The molecule has 2 N–H and O–H groups in total. The minimum Gasteiger partial charge on any atom is -0.465 e. The highest BCUT2D eigenvalue weighted by Gasteiger charge is 2.28. The average Bonchev–Trinajstić information content (AvgIpc) is 2.48. The molecule has 0 bridgehead atoms. The van der Waals surface area contributed by atoms with Crippen LogP contribution in [0.25, 0.3) is 0 Å². The number of nitrogens with zero attached hydrogens (tertiary/aromatic N) is 2. The van der Waals surface area contributed by atoms with Gasteiger partial charge in [-0.3, -0.25) is 0 Å². The van der Waals surface area contributed by atoms with Gasteiger partial charge in [0.1, 0.15) is 10.0 Å². The van der Waals surface area contributed by atoms with Crippen molar-refractivity contribution < 1.29 is 18.3 Å². The number of aromatic nitrogens is 1. The van der Waals surface area contributed by atoms with E-state index in [9.17, 15) is 13.2 Å². The molecule has 1 amide bonds. The van der Waals surface area contributed by atoms with Gasteiger partial charge in [-0.1, -0.05) is 23.2 Å². The van der Waals surface area contributed by atoms with Gasteiger partial charge in [0.2, 0.25) is 10.0 Å². The van der Waals surface area contributed by atoms with Crippen LogP contribution in [0.15, 0.2) is 17.2 Å². The largest absolute Gasteiger partial charge is 0.465 e. The van der Waals surface area contributed by atoms with E-state index < -0.39 is 22.2 Å². The van der Waals surface area contributed by atoms with Crippen molar-refractivity contribution in [3.63, 3.8) is 0 Å². The van der Waals surface area contributed by atoms with Crippen molar-refractivity contribution in [1.29, 1.82) is 0 Å². The highest BCUT2D eigenvalue weighted by Crippen LogP contribution is 2.23. The third-order valence-electron chi connectivity index (χ3n) is 3.44. The van der Waals surface area contributed by atoms with Gasteiger partial charge in [0, 0.05) is 25.3 Å². The van der Waals surface area contributed by atoms with Gasteiger partial charge in [0.25, 0.3) is 0 Å². The number of halogens is 2. The monoisotopic (exact) mass is 367 g/mol. The zero-order chi connectivity index (χ0) is 16.3. The smallest absolute Gasteiger partial charge is 0.407 e. The van der Waals surface area contributed by atoms with Crippen LogP contribution < -0.4 is 4.72 Å². The van der Waals surface area contributed by atoms with Crippen LogP contribution in [0.4, 0.5) is 4.79 Å². The molecule has 1 aromatic rings. The first-order valence-corrected chi connectivity index (χ1v) is 8.85. The van der Waals surface area contributed by atoms with E-state index in [1.54, 1.807) is 0 Å². The van der Waals surface area contributed by atoms with Gasteiger partial charge in [-0.25, -0.2) is 22.9 Å². The van der Waals surface area contributed by atoms with Crippen LogP contribution in [0, 0.1) is 0 Å². The molecule has 0 aliphatic carbocycles. The summed E-state index contributed by atoms with van der Waals surface area (Å²) in [5.74, 6) is 0. The Morgan fingerprint density at radius 2 is 2.18 bits per heavy atom. The zero-order valence-electron chi connectivity index (χ0n) is 11.5. The van der Waals surface area contributed by atoms with Crippen LogP contribution in [0.5, 0.6) is 0 Å². The number of carbonyl (C=O) groups is 1. The predicted molar refractivity (Wildman–Crippen MR) is 81.8 cm³/mol. The number of hydrogen-bond donors (Lipinski definition) is 2. The molecule has 1 aromatic heterocycles. The Kier molecular flexibility index (Phi) is 5.49. The maximum atomic E-state index is 12.3. The lowest BCUT2D eigenvalue weighted by Crippen LogP contribution is -2.48. The highest BCUT2D eigenvalue weighted by molar-refractivity contribution is 7.89. The van der Waals surface area contributed by atoms with Crippen molar-refractivity contribution in [1.82, 2.24) is 14.6 Å². The third kappa shape index (κ3) is 4.01. The molecule has 1 aliphatic heterocycles. The summed E-state index contributed by atoms with van der Waals surface area (Å²) in [4.78, 5) is 15.9. The summed E-state index contributed by atoms with van der Waals surface area (Å²) in [5.41, 5.74) is 0. The zero-order valence-corrected chi connectivity index (χ0v) is 13.8. The number of carboxylic acid groups (broad SMARTS) is 1. The van der Waals surface area contributed by atoms with Crippen LogP contribution in [0.2, 0.25) is 10.2 Å². The van der Waals surface area contributed by atoms with Gasteiger partial charge in [-0.2, -0.15) is 0 Å². The second-order valence-electron chi connectivity index (χ2n) is 4.92. The fraction of sp³-hybridized carbons (Fsp3) is 0.500. The van der Waals surface area contributed by atoms with Gasteiger partial charge in [0.15, 0.2) is 0 Å². The first-order valence-electron chi connectivity index (χ1n) is 6.61. The Balaban J connectivity index is 2.12. The van der Waals surface area contributed by atoms with Gasteiger partial charge < -0.3 is 10.0 Å². The van der Waals surface area contributed by atoms with Gasteiger partial charge in [-0.05, 0) is 25.3 Å². The first kappa shape index (κ1) is 17.3. The Hall–Kier alpha value is -1.09. The van der Waals surface area contributed by atoms with Crippen LogP contribution in [-0.2, 0) is 10.0 Å². The lowest BCUT2D eigenvalue weighted by molar-refractivity contribution is 0.108. The Morgan fingerprint density at radius 1 is 1.45 bits per heavy atom. The molecular weight excluding hydrogens is 353 g/mol. The van der Waals surface area contributed by atoms with E-state index in [1.807, 2.05) is 0 Å². The fourth-order valence-corrected chi connectivity index (χ4v) is 4.10. The third-order valence-corrected chi connectivity index (χ3v) is 5.50. The molecule has 1 fully saturated rings. The molecule has 1 aliphatic rings. The quantitative estimate of drug-likeness (QED) is 0.794. The minimum absolute atomic E-state index is 0.0164. The number of pyridine rings is 1. The Bertz CT molecular complexity index is 668. The minimum atomic E-state index is -3.91. The van der Waals surface area contributed by atoms with Gasteiger partial charge in [0.05, 0.1) is 5.02 Å². The maximum Gasteiger partial charge on any atom is 0.407 e. The average molecular weight is 368 g/mol. The summed E-state index contributed by atoms with van der Waals surface area (Å²) in [6.45, 7) is 0.388. The normalized spacial score (nSPS) is 19.2. The lowest BCUT2D eigenvalue weighted by atomic mass is 10.0. The van der Waals surface area contributed by atoms with Crippen molar-refractivity contribution in [2.75, 3.05) is 13.1 Å². The fourth-order valence-electron chi connectivity index (χ4n) is 2.34. The molecule has 1 atom stereocenters. The number of hydrogen-bond acceptors (Lipinski definition) is 4. The number of rotatable bonds is 4. The molecule has 2 rings (SSSR count). The number of piperidine rings is 1. The van der Waals surface area contributed by atoms with Crippen LogP contribution >= 0.6 is 23.2 Å². The van der Waals surface area contributed by atoms with Crippen molar-refractivity contribution in [3.05, 3.63) is 22.4 Å². The first-order chi connectivity index (χ1) is 10.3. The number of likely N-dealkylation sites (tertiary alicyclic amines) is 1. The summed E-state index contributed by atoms with van der Waals surface area (Å²) in [6.07, 6.45) is 2.44. The summed E-state index contributed by atoms with van der Waals surface area (Å²) >= 11 is 11.5. The highest BCUT2D eigenvalue weighted by atomic mass is 35.5. The standard InChI is InChI=1S/C12H15Cl2N3O4S/c13-8-5-10(11(14)15-6-8)22(20,21)16-7-9-3-1-2-4-17(9)12(18)19/h5-6,9,16H,1-4,7H2,(H,18,19). The molecule has 0 saturated carbocycles. The molecule has 10 heteroatoms. The molecule has 0 spiro atoms. The number of amides is 1. The van der Waals surface area contributed by atoms with Crippen LogP contribution in [0.3, 0.4) is 0 Å². The van der Waals surface area contributed by atoms with Crippen LogP contribution in [-0.4, -0.2) is 48.6 Å². The topological polar surface area (TPSA) is 99.6 Å². The molecule has 7 nitrogen and oxygen atoms in total. The van der Waals surface area contributed by atoms with E-state index in [2.05, 4.69) is 9.71 Å². The number of sulfonamides is 1. The van der Waals surface area contributed by atoms with Crippen molar-refractivity contribution in [2.24, 2.45) is 0 Å². The lowest BCUT2D eigenvalue weighted by Gasteiger charge is -2.33. The van der Waals surface area contributed by atoms with E-state index in [1.165, 1.54) is 17.2 Å². The summed E-state index contributed by atoms with van der Waals surface area (Å²) in [6, 6.07) is 0.807. The van der Waals surface area contributed by atoms with Gasteiger partial charge in [-0.15, -0.1) is 0 Å². The SMILES string of the molecule is O=C(O)N1CCCCC1CNS(=O)(=O)c1cc(Cl)cnc1Cl. The van der Waals surface area contributed by atoms with Gasteiger partial charge >= 0.3 is 6.09 Å². The molecule has 2 heterocycles. The second-order valence-corrected chi connectivity index (χ2v) is 7.45. The van der Waals surface area contributed by atoms with Crippen LogP contribution in [0.1, 0.15) is 19.3 Å². The molecule has 0 aromatic carbocycles. The second kappa shape index (κ2) is 6.99. The molecule has 122 valence electrons. The summed E-state index contributed by atoms with van der Waals surface area (Å²) < 4.78 is 26.9. The van der Waals surface area contributed by atoms with Crippen molar-refractivity contribution >= 4 is 39.3 Å².